The van der Waals surface area contributed by atoms with Gasteiger partial charge in [-0.05, 0) is 34.9 Å². The molecule has 4 rings (SSSR count). The van der Waals surface area contributed by atoms with Crippen LogP contribution in [0.1, 0.15) is 16.7 Å². The lowest BCUT2D eigenvalue weighted by atomic mass is 10.1. The van der Waals surface area contributed by atoms with Crippen molar-refractivity contribution >= 4 is 17.7 Å². The van der Waals surface area contributed by atoms with E-state index >= 15 is 0 Å². The molecule has 198 valence electrons. The van der Waals surface area contributed by atoms with Gasteiger partial charge in [0.1, 0.15) is 25.0 Å². The Balaban J connectivity index is 1.44. The molecule has 0 fully saturated rings. The molecule has 0 bridgehead atoms. The summed E-state index contributed by atoms with van der Waals surface area (Å²) >= 11 is 0. The van der Waals surface area contributed by atoms with E-state index in [0.717, 1.165) is 11.1 Å². The molecule has 1 N–H and O–H groups in total. The van der Waals surface area contributed by atoms with Crippen LogP contribution < -0.4 is 14.8 Å². The molecule has 0 saturated carbocycles. The number of nitro groups is 1. The van der Waals surface area contributed by atoms with Crippen molar-refractivity contribution < 1.29 is 28.7 Å². The van der Waals surface area contributed by atoms with Crippen molar-refractivity contribution in [1.29, 1.82) is 0 Å². The molecular weight excluding hydrogens is 500 g/mol. The fourth-order valence-corrected chi connectivity index (χ4v) is 3.67. The number of carbonyl (C=O) groups excluding carboxylic acids is 2. The molecule has 0 saturated heterocycles. The minimum atomic E-state index is -1.18. The van der Waals surface area contributed by atoms with Crippen molar-refractivity contribution in [2.24, 2.45) is 0 Å². The Morgan fingerprint density at radius 1 is 0.744 bits per heavy atom. The number of nitrogens with one attached hydrogen (secondary N) is 1. The van der Waals surface area contributed by atoms with Gasteiger partial charge < -0.3 is 19.5 Å². The van der Waals surface area contributed by atoms with Crippen molar-refractivity contribution in [3.8, 4) is 11.5 Å². The van der Waals surface area contributed by atoms with Gasteiger partial charge in [0.05, 0.1) is 4.92 Å². The smallest absolute Gasteiger partial charge is 0.408 e. The maximum absolute atomic E-state index is 13.1. The molecule has 9 nitrogen and oxygen atoms in total. The van der Waals surface area contributed by atoms with Crippen molar-refractivity contribution in [2.75, 3.05) is 0 Å². The van der Waals surface area contributed by atoms with Crippen LogP contribution in [-0.2, 0) is 29.2 Å². The Morgan fingerprint density at radius 2 is 1.33 bits per heavy atom. The van der Waals surface area contributed by atoms with Crippen LogP contribution in [0.5, 0.6) is 11.5 Å². The van der Waals surface area contributed by atoms with E-state index in [1.807, 2.05) is 48.5 Å². The van der Waals surface area contributed by atoms with Crippen molar-refractivity contribution in [2.45, 2.75) is 25.7 Å². The Kier molecular flexibility index (Phi) is 9.22. The normalized spacial score (nSPS) is 11.2. The summed E-state index contributed by atoms with van der Waals surface area (Å²) < 4.78 is 16.4. The van der Waals surface area contributed by atoms with Crippen LogP contribution in [0.2, 0.25) is 0 Å². The lowest BCUT2D eigenvalue weighted by molar-refractivity contribution is -0.385. The molecule has 0 aliphatic heterocycles. The number of carbonyl (C=O) groups is 2. The van der Waals surface area contributed by atoms with E-state index in [1.165, 1.54) is 24.3 Å². The van der Waals surface area contributed by atoms with E-state index in [2.05, 4.69) is 5.32 Å². The summed E-state index contributed by atoms with van der Waals surface area (Å²) in [6, 6.07) is 30.2. The lowest BCUT2D eigenvalue weighted by Crippen LogP contribution is -2.44. The fraction of sp³-hybridized carbons (Fsp3) is 0.133. The fourth-order valence-electron chi connectivity index (χ4n) is 3.67. The molecule has 0 radical (unpaired) electrons. The highest BCUT2D eigenvalue weighted by molar-refractivity contribution is 5.84. The highest BCUT2D eigenvalue weighted by atomic mass is 16.6. The van der Waals surface area contributed by atoms with E-state index in [9.17, 15) is 19.7 Å². The third-order valence-corrected chi connectivity index (χ3v) is 5.67. The molecule has 0 heterocycles. The van der Waals surface area contributed by atoms with E-state index in [0.29, 0.717) is 17.9 Å². The molecule has 4 aromatic rings. The van der Waals surface area contributed by atoms with Gasteiger partial charge in [0, 0.05) is 12.5 Å². The number of hydrogen-bond donors (Lipinski definition) is 1. The van der Waals surface area contributed by atoms with Crippen LogP contribution in [0.3, 0.4) is 0 Å². The first-order valence-electron chi connectivity index (χ1n) is 12.2. The van der Waals surface area contributed by atoms with Crippen molar-refractivity contribution in [3.63, 3.8) is 0 Å². The molecule has 39 heavy (non-hydrogen) atoms. The van der Waals surface area contributed by atoms with E-state index < -0.39 is 23.0 Å². The van der Waals surface area contributed by atoms with Gasteiger partial charge >= 0.3 is 17.7 Å². The quantitative estimate of drug-likeness (QED) is 0.117. The zero-order valence-corrected chi connectivity index (χ0v) is 20.9. The Morgan fingerprint density at radius 3 is 1.97 bits per heavy atom. The van der Waals surface area contributed by atoms with Crippen molar-refractivity contribution in [3.05, 3.63) is 136 Å². The molecule has 0 spiro atoms. The van der Waals surface area contributed by atoms with Crippen LogP contribution in [0, 0.1) is 10.1 Å². The number of alkyl carbamates (subject to hydrolysis) is 1. The zero-order chi connectivity index (χ0) is 27.5. The van der Waals surface area contributed by atoms with Gasteiger partial charge in [0.2, 0.25) is 5.75 Å². The van der Waals surface area contributed by atoms with Crippen LogP contribution in [0.15, 0.2) is 109 Å². The first kappa shape index (κ1) is 26.9. The molecule has 1 unspecified atom stereocenters. The SMILES string of the molecule is O=C(NC(Cc1ccc(OCc2ccccc2)cc1)C(=O)Oc1ccccc1[N+](=O)[O-])OCc1ccccc1. The van der Waals surface area contributed by atoms with Gasteiger partial charge in [-0.25, -0.2) is 9.59 Å². The second-order valence-electron chi connectivity index (χ2n) is 8.53. The predicted molar refractivity (Wildman–Crippen MR) is 143 cm³/mol. The van der Waals surface area contributed by atoms with Gasteiger partial charge in [-0.15, -0.1) is 0 Å². The number of amides is 1. The van der Waals surface area contributed by atoms with Gasteiger partial charge in [-0.1, -0.05) is 84.9 Å². The minimum absolute atomic E-state index is 0.00600. The standard InChI is InChI=1S/C30H26N2O7/c33-29(39-28-14-8-7-13-27(28)32(35)36)26(31-30(34)38-21-24-11-5-2-6-12-24)19-22-15-17-25(18-16-22)37-20-23-9-3-1-4-10-23/h1-18,26H,19-21H2,(H,31,34). The highest BCUT2D eigenvalue weighted by Gasteiger charge is 2.27. The van der Waals surface area contributed by atoms with E-state index in [4.69, 9.17) is 14.2 Å². The first-order chi connectivity index (χ1) is 19.0. The summed E-state index contributed by atoms with van der Waals surface area (Å²) in [6.07, 6.45) is -0.773. The molecular formula is C30H26N2O7. The zero-order valence-electron chi connectivity index (χ0n) is 20.9. The van der Waals surface area contributed by atoms with Gasteiger partial charge in [-0.3, -0.25) is 10.1 Å². The Hall–Kier alpha value is -5.18. The number of nitro benzene ring substituents is 1. The third-order valence-electron chi connectivity index (χ3n) is 5.67. The molecule has 1 amide bonds. The molecule has 0 aromatic heterocycles. The number of nitrogens with zero attached hydrogens (tertiary/aromatic N) is 1. The summed E-state index contributed by atoms with van der Waals surface area (Å²) in [7, 11) is 0. The van der Waals surface area contributed by atoms with Gasteiger partial charge in [-0.2, -0.15) is 0 Å². The largest absolute Gasteiger partial charge is 0.489 e. The number of para-hydroxylation sites is 2. The average molecular weight is 527 g/mol. The summed E-state index contributed by atoms with van der Waals surface area (Å²) in [6.45, 7) is 0.409. The summed E-state index contributed by atoms with van der Waals surface area (Å²) in [5.74, 6) is -0.455. The van der Waals surface area contributed by atoms with Crippen LogP contribution in [-0.4, -0.2) is 23.0 Å². The van der Waals surface area contributed by atoms with Gasteiger partial charge in [0.25, 0.3) is 0 Å². The Labute approximate surface area is 225 Å². The van der Waals surface area contributed by atoms with Crippen LogP contribution in [0.4, 0.5) is 10.5 Å². The van der Waals surface area contributed by atoms with Gasteiger partial charge in [0.15, 0.2) is 0 Å². The molecule has 1 atom stereocenters. The average Bonchev–Trinajstić information content (AvgIpc) is 2.96. The van der Waals surface area contributed by atoms with Crippen LogP contribution in [0.25, 0.3) is 0 Å². The topological polar surface area (TPSA) is 117 Å². The van der Waals surface area contributed by atoms with E-state index in [1.54, 1.807) is 36.4 Å². The van der Waals surface area contributed by atoms with E-state index in [-0.39, 0.29) is 24.5 Å². The number of esters is 1. The number of ether oxygens (including phenoxy) is 3. The van der Waals surface area contributed by atoms with Crippen molar-refractivity contribution in [1.82, 2.24) is 5.32 Å². The maximum atomic E-state index is 13.1. The Bertz CT molecular complexity index is 1390. The summed E-state index contributed by atoms with van der Waals surface area (Å²) in [4.78, 5) is 36.3. The monoisotopic (exact) mass is 526 g/mol. The maximum Gasteiger partial charge on any atom is 0.408 e. The molecule has 0 aliphatic rings. The second kappa shape index (κ2) is 13.4. The minimum Gasteiger partial charge on any atom is -0.489 e. The second-order valence-corrected chi connectivity index (χ2v) is 8.53. The molecule has 4 aromatic carbocycles. The summed E-state index contributed by atoms with van der Waals surface area (Å²) in [5.41, 5.74) is 2.14. The lowest BCUT2D eigenvalue weighted by Gasteiger charge is -2.18. The number of rotatable bonds is 11. The number of hydrogen-bond acceptors (Lipinski definition) is 7. The first-order valence-corrected chi connectivity index (χ1v) is 12.2. The van der Waals surface area contributed by atoms with Crippen LogP contribution >= 0.6 is 0 Å². The molecule has 9 heteroatoms. The molecule has 0 aliphatic carbocycles. The predicted octanol–water partition coefficient (Wildman–Crippen LogP) is 5.62. The summed E-state index contributed by atoms with van der Waals surface area (Å²) in [5, 5.41) is 13.9. The number of benzene rings is 4. The highest BCUT2D eigenvalue weighted by Crippen LogP contribution is 2.26. The third kappa shape index (κ3) is 8.16.